The number of phenols is 2. The van der Waals surface area contributed by atoms with Gasteiger partial charge in [0.2, 0.25) is 0 Å². The molecule has 0 spiro atoms. The van der Waals surface area contributed by atoms with E-state index in [-0.39, 0.29) is 23.3 Å². The van der Waals surface area contributed by atoms with Crippen LogP contribution >= 0.6 is 0 Å². The molecule has 2 heterocycles. The van der Waals surface area contributed by atoms with Crippen molar-refractivity contribution in [1.82, 2.24) is 4.90 Å². The minimum absolute atomic E-state index is 0.231. The number of rotatable bonds is 5. The van der Waals surface area contributed by atoms with Gasteiger partial charge < -0.3 is 19.7 Å². The Morgan fingerprint density at radius 1 is 0.941 bits per heavy atom. The first-order valence-electron chi connectivity index (χ1n) is 12.1. The highest BCUT2D eigenvalue weighted by Crippen LogP contribution is 2.43. The fourth-order valence-electron chi connectivity index (χ4n) is 4.71. The van der Waals surface area contributed by atoms with Gasteiger partial charge in [0.05, 0.1) is 6.61 Å². The van der Waals surface area contributed by atoms with Crippen LogP contribution in [0.1, 0.15) is 43.2 Å². The van der Waals surface area contributed by atoms with Gasteiger partial charge >= 0.3 is 0 Å². The normalized spacial score (nSPS) is 21.6. The van der Waals surface area contributed by atoms with Gasteiger partial charge in [-0.15, -0.1) is 0 Å². The van der Waals surface area contributed by atoms with Gasteiger partial charge in [-0.3, -0.25) is 4.90 Å². The van der Waals surface area contributed by atoms with E-state index in [0.717, 1.165) is 41.7 Å². The Balaban J connectivity index is 0.000000166. The summed E-state index contributed by atoms with van der Waals surface area (Å²) in [6.07, 6.45) is 1.34. The zero-order valence-corrected chi connectivity index (χ0v) is 20.1. The van der Waals surface area contributed by atoms with Crippen LogP contribution in [-0.4, -0.2) is 48.0 Å². The Hall–Kier alpha value is -3.18. The molecule has 1 saturated heterocycles. The number of nitrogens with zero attached hydrogens (tertiary/aromatic N) is 1. The molecule has 0 radical (unpaired) electrons. The van der Waals surface area contributed by atoms with Gasteiger partial charge in [0.1, 0.15) is 29.6 Å². The molecule has 0 aromatic heterocycles. The van der Waals surface area contributed by atoms with Crippen LogP contribution in [0.15, 0.2) is 72.8 Å². The molecule has 180 valence electrons. The largest absolute Gasteiger partial charge is 0.508 e. The fraction of sp³-hybridized carbons (Fsp3) is 0.379. The van der Waals surface area contributed by atoms with Gasteiger partial charge in [0.25, 0.3) is 0 Å². The highest BCUT2D eigenvalue weighted by Gasteiger charge is 2.29. The molecule has 0 saturated carbocycles. The highest BCUT2D eigenvalue weighted by atomic mass is 16.5. The maximum Gasteiger partial charge on any atom is 0.123 e. The van der Waals surface area contributed by atoms with Crippen molar-refractivity contribution in [2.24, 2.45) is 5.92 Å². The number of phenolic OH excluding ortho intramolecular Hbond substituents is 2. The summed E-state index contributed by atoms with van der Waals surface area (Å²) in [5, 5.41) is 19.0. The first kappa shape index (κ1) is 24.0. The number of aromatic hydroxyl groups is 2. The average molecular weight is 462 g/mol. The number of hydrogen-bond acceptors (Lipinski definition) is 5. The van der Waals surface area contributed by atoms with Crippen LogP contribution in [0.3, 0.4) is 0 Å². The maximum absolute atomic E-state index is 9.61. The Labute approximate surface area is 202 Å². The second kappa shape index (κ2) is 11.3. The van der Waals surface area contributed by atoms with Crippen molar-refractivity contribution in [3.05, 3.63) is 83.9 Å². The van der Waals surface area contributed by atoms with Gasteiger partial charge in [0.15, 0.2) is 0 Å². The summed E-state index contributed by atoms with van der Waals surface area (Å²) in [6, 6.07) is 22.5. The van der Waals surface area contributed by atoms with E-state index in [0.29, 0.717) is 6.61 Å². The molecule has 5 rings (SSSR count). The van der Waals surface area contributed by atoms with Crippen molar-refractivity contribution in [3.63, 3.8) is 0 Å². The molecule has 3 atom stereocenters. The van der Waals surface area contributed by atoms with Gasteiger partial charge in [-0.05, 0) is 72.8 Å². The summed E-state index contributed by atoms with van der Waals surface area (Å²) in [4.78, 5) is 2.48. The molecular formula is C29H35NO4. The van der Waals surface area contributed by atoms with Crippen LogP contribution < -0.4 is 9.47 Å². The lowest BCUT2D eigenvalue weighted by atomic mass is 9.81. The molecule has 1 fully saturated rings. The molecule has 34 heavy (non-hydrogen) atoms. The zero-order chi connectivity index (χ0) is 23.9. The molecule has 0 amide bonds. The van der Waals surface area contributed by atoms with Crippen molar-refractivity contribution < 1.29 is 19.7 Å². The van der Waals surface area contributed by atoms with Gasteiger partial charge in [-0.25, -0.2) is 0 Å². The SMILES string of the molecule is CC1CCN(CCOc2ccccc2)C1.CC1c2cc(O)ccc2OC[C@H]1c1ccc(O)cc1. The lowest BCUT2D eigenvalue weighted by Gasteiger charge is -2.31. The summed E-state index contributed by atoms with van der Waals surface area (Å²) < 4.78 is 11.4. The lowest BCUT2D eigenvalue weighted by Crippen LogP contribution is -2.25. The van der Waals surface area contributed by atoms with E-state index in [1.165, 1.54) is 19.5 Å². The van der Waals surface area contributed by atoms with Crippen LogP contribution in [0.5, 0.6) is 23.0 Å². The third-order valence-electron chi connectivity index (χ3n) is 6.75. The summed E-state index contributed by atoms with van der Waals surface area (Å²) in [5.41, 5.74) is 2.17. The molecular weight excluding hydrogens is 426 g/mol. The van der Waals surface area contributed by atoms with Crippen molar-refractivity contribution >= 4 is 0 Å². The molecule has 2 unspecified atom stereocenters. The topological polar surface area (TPSA) is 62.2 Å². The maximum atomic E-state index is 9.61. The van der Waals surface area contributed by atoms with E-state index >= 15 is 0 Å². The standard InChI is InChI=1S/C16H16O3.C13H19NO/c1-10-14-8-13(18)6-7-16(14)19-9-15(10)11-2-4-12(17)5-3-11;1-12-7-8-14(11-12)9-10-15-13-5-3-2-4-6-13/h2-8,10,15,17-18H,9H2,1H3;2-6,12H,7-11H2,1H3/t10?,15-;/m1./s1. The molecule has 3 aromatic rings. The fourth-order valence-corrected chi connectivity index (χ4v) is 4.71. The third-order valence-corrected chi connectivity index (χ3v) is 6.75. The van der Waals surface area contributed by atoms with E-state index < -0.39 is 0 Å². The summed E-state index contributed by atoms with van der Waals surface area (Å²) in [5.74, 6) is 3.72. The minimum Gasteiger partial charge on any atom is -0.508 e. The van der Waals surface area contributed by atoms with Gasteiger partial charge in [0, 0.05) is 24.6 Å². The molecule has 2 N–H and O–H groups in total. The first-order chi connectivity index (χ1) is 16.5. The number of para-hydroxylation sites is 1. The van der Waals surface area contributed by atoms with Crippen molar-refractivity contribution in [3.8, 4) is 23.0 Å². The number of likely N-dealkylation sites (tertiary alicyclic amines) is 1. The highest BCUT2D eigenvalue weighted by molar-refractivity contribution is 5.45. The van der Waals surface area contributed by atoms with E-state index in [4.69, 9.17) is 9.47 Å². The molecule has 2 aliphatic rings. The predicted octanol–water partition coefficient (Wildman–Crippen LogP) is 5.78. The summed E-state index contributed by atoms with van der Waals surface area (Å²) in [7, 11) is 0. The first-order valence-corrected chi connectivity index (χ1v) is 12.1. The van der Waals surface area contributed by atoms with Gasteiger partial charge in [-0.2, -0.15) is 0 Å². The molecule has 2 aliphatic heterocycles. The quantitative estimate of drug-likeness (QED) is 0.504. The minimum atomic E-state index is 0.231. The Morgan fingerprint density at radius 2 is 1.68 bits per heavy atom. The Kier molecular flexibility index (Phi) is 7.96. The van der Waals surface area contributed by atoms with Crippen molar-refractivity contribution in [1.29, 1.82) is 0 Å². The predicted molar refractivity (Wildman–Crippen MR) is 135 cm³/mol. The number of fused-ring (bicyclic) bond motifs is 1. The lowest BCUT2D eigenvalue weighted by molar-refractivity contribution is 0.234. The van der Waals surface area contributed by atoms with Crippen LogP contribution in [-0.2, 0) is 0 Å². The van der Waals surface area contributed by atoms with E-state index in [2.05, 4.69) is 18.7 Å². The van der Waals surface area contributed by atoms with E-state index in [1.54, 1.807) is 24.3 Å². The van der Waals surface area contributed by atoms with Crippen LogP contribution in [0.2, 0.25) is 0 Å². The molecule has 5 heteroatoms. The molecule has 5 nitrogen and oxygen atoms in total. The van der Waals surface area contributed by atoms with Crippen LogP contribution in [0.25, 0.3) is 0 Å². The average Bonchev–Trinajstić information content (AvgIpc) is 3.26. The second-order valence-electron chi connectivity index (χ2n) is 9.38. The number of ether oxygens (including phenoxy) is 2. The van der Waals surface area contributed by atoms with Crippen molar-refractivity contribution in [2.75, 3.05) is 32.8 Å². The smallest absolute Gasteiger partial charge is 0.123 e. The molecule has 0 bridgehead atoms. The van der Waals surface area contributed by atoms with Gasteiger partial charge in [-0.1, -0.05) is 44.2 Å². The van der Waals surface area contributed by atoms with E-state index in [1.807, 2.05) is 48.5 Å². The molecule has 0 aliphatic carbocycles. The Morgan fingerprint density at radius 3 is 2.38 bits per heavy atom. The number of hydrogen-bond donors (Lipinski definition) is 2. The monoisotopic (exact) mass is 461 g/mol. The summed E-state index contributed by atoms with van der Waals surface area (Å²) >= 11 is 0. The Bertz CT molecular complexity index is 1040. The van der Waals surface area contributed by atoms with Crippen LogP contribution in [0, 0.1) is 5.92 Å². The second-order valence-corrected chi connectivity index (χ2v) is 9.38. The van der Waals surface area contributed by atoms with Crippen molar-refractivity contribution in [2.45, 2.75) is 32.1 Å². The van der Waals surface area contributed by atoms with Crippen LogP contribution in [0.4, 0.5) is 0 Å². The number of benzene rings is 3. The zero-order valence-electron chi connectivity index (χ0n) is 20.1. The summed E-state index contributed by atoms with van der Waals surface area (Å²) in [6.45, 7) is 9.40. The third kappa shape index (κ3) is 6.23. The van der Waals surface area contributed by atoms with E-state index in [9.17, 15) is 10.2 Å². The molecule has 3 aromatic carbocycles.